The fourth-order valence-electron chi connectivity index (χ4n) is 4.00. The summed E-state index contributed by atoms with van der Waals surface area (Å²) in [4.78, 5) is 15.0. The van der Waals surface area contributed by atoms with Crippen LogP contribution >= 0.6 is 0 Å². The van der Waals surface area contributed by atoms with Gasteiger partial charge in [0, 0.05) is 43.1 Å². The van der Waals surface area contributed by atoms with E-state index in [9.17, 15) is 4.79 Å². The van der Waals surface area contributed by atoms with E-state index in [0.29, 0.717) is 11.3 Å². The number of aryl methyl sites for hydroxylation is 2. The van der Waals surface area contributed by atoms with Gasteiger partial charge in [0.25, 0.3) is 5.91 Å². The van der Waals surface area contributed by atoms with Crippen LogP contribution in [0.2, 0.25) is 0 Å². The minimum Gasteiger partial charge on any atom is -0.371 e. The van der Waals surface area contributed by atoms with Crippen molar-refractivity contribution in [2.45, 2.75) is 32.7 Å². The van der Waals surface area contributed by atoms with Gasteiger partial charge >= 0.3 is 0 Å². The number of nitrogens with one attached hydrogen (secondary N) is 2. The molecular formula is C22H25N7O. The molecule has 0 atom stereocenters. The molecule has 1 aliphatic rings. The third-order valence-corrected chi connectivity index (χ3v) is 5.78. The summed E-state index contributed by atoms with van der Waals surface area (Å²) in [6, 6.07) is 11.7. The Morgan fingerprint density at radius 3 is 2.53 bits per heavy atom. The molecule has 0 saturated carbocycles. The van der Waals surface area contributed by atoms with Crippen LogP contribution in [0.4, 0.5) is 5.69 Å². The van der Waals surface area contributed by atoms with E-state index >= 15 is 0 Å². The molecule has 8 heteroatoms. The van der Waals surface area contributed by atoms with Crippen LogP contribution in [0, 0.1) is 25.2 Å². The molecular weight excluding hydrogens is 378 g/mol. The van der Waals surface area contributed by atoms with Gasteiger partial charge in [-0.25, -0.2) is 0 Å². The Hall–Kier alpha value is -3.60. The van der Waals surface area contributed by atoms with E-state index in [4.69, 9.17) is 5.26 Å². The van der Waals surface area contributed by atoms with Gasteiger partial charge in [-0.3, -0.25) is 14.6 Å². The SMILES string of the molecule is Cc1nn(C)c(C)c1-c1cc(C(=O)NC2CCN(c3ccc(C#N)cc3)CC2)[nH]n1. The van der Waals surface area contributed by atoms with Crippen LogP contribution in [0.5, 0.6) is 0 Å². The molecule has 8 nitrogen and oxygen atoms in total. The second kappa shape index (κ2) is 8.03. The summed E-state index contributed by atoms with van der Waals surface area (Å²) in [5.41, 5.74) is 5.84. The number of rotatable bonds is 4. The first-order chi connectivity index (χ1) is 14.5. The summed E-state index contributed by atoms with van der Waals surface area (Å²) in [6.07, 6.45) is 1.74. The lowest BCUT2D eigenvalue weighted by atomic mass is 10.0. The zero-order chi connectivity index (χ0) is 21.3. The van der Waals surface area contributed by atoms with Gasteiger partial charge in [-0.1, -0.05) is 0 Å². The van der Waals surface area contributed by atoms with Gasteiger partial charge < -0.3 is 10.2 Å². The minimum atomic E-state index is -0.134. The average molecular weight is 403 g/mol. The zero-order valence-corrected chi connectivity index (χ0v) is 17.4. The predicted octanol–water partition coefficient (Wildman–Crippen LogP) is 2.70. The van der Waals surface area contributed by atoms with Gasteiger partial charge in [-0.05, 0) is 57.0 Å². The maximum Gasteiger partial charge on any atom is 0.269 e. The first-order valence-electron chi connectivity index (χ1n) is 10.1. The summed E-state index contributed by atoms with van der Waals surface area (Å²) in [5.74, 6) is -0.134. The summed E-state index contributed by atoms with van der Waals surface area (Å²) < 4.78 is 1.82. The number of H-pyrrole nitrogens is 1. The topological polar surface area (TPSA) is 103 Å². The van der Waals surface area contributed by atoms with Crippen molar-refractivity contribution in [3.8, 4) is 17.3 Å². The van der Waals surface area contributed by atoms with E-state index in [2.05, 4.69) is 31.6 Å². The number of hydrogen-bond donors (Lipinski definition) is 2. The standard InChI is InChI=1S/C22H25N7O/c1-14-21(15(2)28(3)27-14)19-12-20(26-25-19)22(30)24-17-8-10-29(11-9-17)18-6-4-16(13-23)5-7-18/h4-7,12,17H,8-11H2,1-3H3,(H,24,30)(H,25,26). The molecule has 4 rings (SSSR count). The molecule has 2 N–H and O–H groups in total. The molecule has 2 aromatic heterocycles. The van der Waals surface area contributed by atoms with Crippen molar-refractivity contribution < 1.29 is 4.79 Å². The Morgan fingerprint density at radius 1 is 1.23 bits per heavy atom. The number of carbonyl (C=O) groups is 1. The fourth-order valence-corrected chi connectivity index (χ4v) is 4.00. The minimum absolute atomic E-state index is 0.126. The summed E-state index contributed by atoms with van der Waals surface area (Å²) in [5, 5.41) is 23.7. The Bertz CT molecular complexity index is 1100. The Balaban J connectivity index is 1.36. The van der Waals surface area contributed by atoms with Crippen molar-refractivity contribution in [2.75, 3.05) is 18.0 Å². The first-order valence-corrected chi connectivity index (χ1v) is 10.1. The fraction of sp³-hybridized carbons (Fsp3) is 0.364. The van der Waals surface area contributed by atoms with E-state index in [1.165, 1.54) is 0 Å². The maximum absolute atomic E-state index is 12.7. The molecule has 0 aliphatic carbocycles. The maximum atomic E-state index is 12.7. The Labute approximate surface area is 175 Å². The number of carbonyl (C=O) groups excluding carboxylic acids is 1. The van der Waals surface area contributed by atoms with Crippen LogP contribution in [0.25, 0.3) is 11.3 Å². The number of piperidine rings is 1. The quantitative estimate of drug-likeness (QED) is 0.697. The lowest BCUT2D eigenvalue weighted by Gasteiger charge is -2.33. The van der Waals surface area contributed by atoms with Crippen molar-refractivity contribution in [2.24, 2.45) is 7.05 Å². The molecule has 1 fully saturated rings. The van der Waals surface area contributed by atoms with Gasteiger partial charge in [-0.2, -0.15) is 15.5 Å². The van der Waals surface area contributed by atoms with E-state index < -0.39 is 0 Å². The molecule has 1 aliphatic heterocycles. The molecule has 1 amide bonds. The van der Waals surface area contributed by atoms with Crippen molar-refractivity contribution in [1.29, 1.82) is 5.26 Å². The van der Waals surface area contributed by atoms with Crippen LogP contribution in [0.1, 0.15) is 40.3 Å². The van der Waals surface area contributed by atoms with Crippen LogP contribution in [0.15, 0.2) is 30.3 Å². The number of nitrogens with zero attached hydrogens (tertiary/aromatic N) is 5. The lowest BCUT2D eigenvalue weighted by Crippen LogP contribution is -2.44. The van der Waals surface area contributed by atoms with Gasteiger partial charge in [0.05, 0.1) is 23.0 Å². The molecule has 3 heterocycles. The molecule has 0 radical (unpaired) electrons. The molecule has 154 valence electrons. The Morgan fingerprint density at radius 2 is 1.93 bits per heavy atom. The number of nitriles is 1. The molecule has 0 bridgehead atoms. The molecule has 30 heavy (non-hydrogen) atoms. The van der Waals surface area contributed by atoms with Crippen molar-refractivity contribution in [3.05, 3.63) is 53.0 Å². The monoisotopic (exact) mass is 403 g/mol. The highest BCUT2D eigenvalue weighted by atomic mass is 16.2. The largest absolute Gasteiger partial charge is 0.371 e. The number of aromatic nitrogens is 4. The number of anilines is 1. The smallest absolute Gasteiger partial charge is 0.269 e. The van der Waals surface area contributed by atoms with Gasteiger partial charge in [-0.15, -0.1) is 0 Å². The van der Waals surface area contributed by atoms with E-state index in [-0.39, 0.29) is 11.9 Å². The molecule has 1 saturated heterocycles. The van der Waals surface area contributed by atoms with Crippen molar-refractivity contribution >= 4 is 11.6 Å². The number of benzene rings is 1. The summed E-state index contributed by atoms with van der Waals surface area (Å²) in [6.45, 7) is 5.65. The van der Waals surface area contributed by atoms with Crippen LogP contribution in [-0.2, 0) is 7.05 Å². The molecule has 3 aromatic rings. The van der Waals surface area contributed by atoms with E-state index in [1.807, 2.05) is 49.8 Å². The van der Waals surface area contributed by atoms with E-state index in [1.54, 1.807) is 6.07 Å². The zero-order valence-electron chi connectivity index (χ0n) is 17.4. The third kappa shape index (κ3) is 3.79. The second-order valence-electron chi connectivity index (χ2n) is 7.73. The predicted molar refractivity (Wildman–Crippen MR) is 114 cm³/mol. The lowest BCUT2D eigenvalue weighted by molar-refractivity contribution is 0.0926. The van der Waals surface area contributed by atoms with Crippen molar-refractivity contribution in [3.63, 3.8) is 0 Å². The third-order valence-electron chi connectivity index (χ3n) is 5.78. The normalized spacial score (nSPS) is 14.5. The Kier molecular flexibility index (Phi) is 5.27. The van der Waals surface area contributed by atoms with E-state index in [0.717, 1.165) is 54.3 Å². The highest BCUT2D eigenvalue weighted by molar-refractivity contribution is 5.93. The number of amides is 1. The number of aromatic amines is 1. The molecule has 0 spiro atoms. The van der Waals surface area contributed by atoms with Gasteiger partial charge in [0.1, 0.15) is 5.69 Å². The van der Waals surface area contributed by atoms with Gasteiger partial charge in [0.2, 0.25) is 0 Å². The van der Waals surface area contributed by atoms with Crippen LogP contribution < -0.4 is 10.2 Å². The highest BCUT2D eigenvalue weighted by Gasteiger charge is 2.23. The molecule has 1 aromatic carbocycles. The summed E-state index contributed by atoms with van der Waals surface area (Å²) >= 11 is 0. The second-order valence-corrected chi connectivity index (χ2v) is 7.73. The van der Waals surface area contributed by atoms with Crippen molar-refractivity contribution in [1.82, 2.24) is 25.3 Å². The highest BCUT2D eigenvalue weighted by Crippen LogP contribution is 2.25. The van der Waals surface area contributed by atoms with Gasteiger partial charge in [0.15, 0.2) is 0 Å². The molecule has 0 unspecified atom stereocenters. The van der Waals surface area contributed by atoms with Crippen LogP contribution in [0.3, 0.4) is 0 Å². The number of hydrogen-bond acceptors (Lipinski definition) is 5. The summed E-state index contributed by atoms with van der Waals surface area (Å²) in [7, 11) is 1.90. The average Bonchev–Trinajstić information content (AvgIpc) is 3.33. The first kappa shape index (κ1) is 19.7. The van der Waals surface area contributed by atoms with Crippen LogP contribution in [-0.4, -0.2) is 45.0 Å².